The van der Waals surface area contributed by atoms with Crippen molar-refractivity contribution in [2.45, 2.75) is 19.9 Å². The number of nitrogens with zero attached hydrogens (tertiary/aromatic N) is 4. The first-order valence-corrected chi connectivity index (χ1v) is 9.51. The lowest BCUT2D eigenvalue weighted by Gasteiger charge is -2.34. The van der Waals surface area contributed by atoms with Crippen molar-refractivity contribution in [3.8, 4) is 5.75 Å². The van der Waals surface area contributed by atoms with E-state index < -0.39 is 0 Å². The number of hydrogen-bond acceptors (Lipinski definition) is 6. The molecule has 1 N–H and O–H groups in total. The molecule has 2 aliphatic heterocycles. The van der Waals surface area contributed by atoms with E-state index in [-0.39, 0.29) is 6.03 Å². The number of nitrogens with one attached hydrogen (secondary N) is 1. The molecule has 4 rings (SSSR count). The molecule has 0 bridgehead atoms. The lowest BCUT2D eigenvalue weighted by atomic mass is 10.1. The summed E-state index contributed by atoms with van der Waals surface area (Å²) >= 11 is 0. The number of aromatic nitrogens is 2. The quantitative estimate of drug-likeness (QED) is 0.876. The number of carbonyl (C=O) groups excluding carboxylic acids is 1. The van der Waals surface area contributed by atoms with Gasteiger partial charge in [0.15, 0.2) is 0 Å². The van der Waals surface area contributed by atoms with Gasteiger partial charge in [0.25, 0.3) is 0 Å². The van der Waals surface area contributed by atoms with Crippen LogP contribution in [0.3, 0.4) is 0 Å². The van der Waals surface area contributed by atoms with Crippen LogP contribution in [0.5, 0.6) is 5.75 Å². The molecule has 28 heavy (non-hydrogen) atoms. The van der Waals surface area contributed by atoms with Crippen molar-refractivity contribution in [3.05, 3.63) is 41.3 Å². The lowest BCUT2D eigenvalue weighted by molar-refractivity contribution is 0.122. The van der Waals surface area contributed by atoms with Gasteiger partial charge in [-0.1, -0.05) is 6.07 Å². The second-order valence-electron chi connectivity index (χ2n) is 7.03. The Morgan fingerprint density at radius 1 is 1.21 bits per heavy atom. The SMILES string of the molecule is COc1cc(C)ccc1NC(=O)N1CCc2ncnc(N3CCOCC3)c2C1. The fourth-order valence-corrected chi connectivity index (χ4v) is 3.64. The first-order chi connectivity index (χ1) is 13.7. The van der Waals surface area contributed by atoms with Gasteiger partial charge in [0, 0.05) is 31.6 Å². The Balaban J connectivity index is 1.52. The van der Waals surface area contributed by atoms with Crippen LogP contribution in [0.25, 0.3) is 0 Å². The first-order valence-electron chi connectivity index (χ1n) is 9.51. The molecule has 8 heteroatoms. The van der Waals surface area contributed by atoms with E-state index in [0.717, 1.165) is 35.7 Å². The Labute approximate surface area is 164 Å². The van der Waals surface area contributed by atoms with Crippen LogP contribution >= 0.6 is 0 Å². The van der Waals surface area contributed by atoms with Crippen LogP contribution in [-0.4, -0.2) is 60.9 Å². The third-order valence-corrected chi connectivity index (χ3v) is 5.18. The van der Waals surface area contributed by atoms with Crippen LogP contribution in [0.15, 0.2) is 24.5 Å². The van der Waals surface area contributed by atoms with Crippen molar-refractivity contribution in [1.29, 1.82) is 0 Å². The maximum Gasteiger partial charge on any atom is 0.322 e. The van der Waals surface area contributed by atoms with Crippen LogP contribution in [0, 0.1) is 6.92 Å². The molecule has 0 aliphatic carbocycles. The summed E-state index contributed by atoms with van der Waals surface area (Å²) in [6.07, 6.45) is 2.34. The predicted octanol–water partition coefficient (Wildman–Crippen LogP) is 2.22. The molecule has 0 atom stereocenters. The minimum Gasteiger partial charge on any atom is -0.495 e. The molecular formula is C20H25N5O3. The fraction of sp³-hybridized carbons (Fsp3) is 0.450. The number of fused-ring (bicyclic) bond motifs is 1. The maximum atomic E-state index is 12.9. The van der Waals surface area contributed by atoms with Gasteiger partial charge in [-0.05, 0) is 24.6 Å². The summed E-state index contributed by atoms with van der Waals surface area (Å²) < 4.78 is 10.8. The van der Waals surface area contributed by atoms with Gasteiger partial charge in [0.1, 0.15) is 17.9 Å². The van der Waals surface area contributed by atoms with E-state index in [9.17, 15) is 4.79 Å². The topological polar surface area (TPSA) is 79.8 Å². The summed E-state index contributed by atoms with van der Waals surface area (Å²) in [6, 6.07) is 5.58. The Kier molecular flexibility index (Phi) is 5.29. The van der Waals surface area contributed by atoms with Crippen LogP contribution in [0.2, 0.25) is 0 Å². The highest BCUT2D eigenvalue weighted by molar-refractivity contribution is 5.91. The number of methoxy groups -OCH3 is 1. The Hall–Kier alpha value is -2.87. The number of anilines is 2. The van der Waals surface area contributed by atoms with Gasteiger partial charge < -0.3 is 24.6 Å². The monoisotopic (exact) mass is 383 g/mol. The molecule has 1 aromatic heterocycles. The number of benzene rings is 1. The van der Waals surface area contributed by atoms with Crippen molar-refractivity contribution < 1.29 is 14.3 Å². The molecule has 2 aromatic rings. The van der Waals surface area contributed by atoms with E-state index in [1.165, 1.54) is 0 Å². The molecule has 2 aliphatic rings. The largest absolute Gasteiger partial charge is 0.495 e. The number of urea groups is 1. The van der Waals surface area contributed by atoms with E-state index in [2.05, 4.69) is 20.2 Å². The predicted molar refractivity (Wildman–Crippen MR) is 106 cm³/mol. The standard InChI is InChI=1S/C20H25N5O3/c1-14-3-4-17(18(11-14)27-2)23-20(26)25-6-5-16-15(12-25)19(22-13-21-16)24-7-9-28-10-8-24/h3-4,11,13H,5-10,12H2,1-2H3,(H,23,26). The third-order valence-electron chi connectivity index (χ3n) is 5.18. The molecule has 148 valence electrons. The van der Waals surface area contributed by atoms with E-state index >= 15 is 0 Å². The second kappa shape index (κ2) is 8.02. The average molecular weight is 383 g/mol. The zero-order valence-corrected chi connectivity index (χ0v) is 16.3. The minimum absolute atomic E-state index is 0.149. The molecule has 1 saturated heterocycles. The first kappa shape index (κ1) is 18.5. The lowest BCUT2D eigenvalue weighted by Crippen LogP contribution is -2.42. The Morgan fingerprint density at radius 3 is 2.82 bits per heavy atom. The summed E-state index contributed by atoms with van der Waals surface area (Å²) in [6.45, 7) is 6.08. The van der Waals surface area contributed by atoms with E-state index in [4.69, 9.17) is 9.47 Å². The zero-order chi connectivity index (χ0) is 19.5. The van der Waals surface area contributed by atoms with Crippen molar-refractivity contribution >= 4 is 17.5 Å². The van der Waals surface area contributed by atoms with Crippen molar-refractivity contribution in [1.82, 2.24) is 14.9 Å². The summed E-state index contributed by atoms with van der Waals surface area (Å²) in [5.41, 5.74) is 3.80. The smallest absolute Gasteiger partial charge is 0.322 e. The number of hydrogen-bond donors (Lipinski definition) is 1. The molecule has 8 nitrogen and oxygen atoms in total. The number of aryl methyl sites for hydroxylation is 1. The van der Waals surface area contributed by atoms with Gasteiger partial charge in [-0.2, -0.15) is 0 Å². The molecule has 0 spiro atoms. The van der Waals surface area contributed by atoms with Crippen molar-refractivity contribution in [2.24, 2.45) is 0 Å². The van der Waals surface area contributed by atoms with Crippen LogP contribution in [0.4, 0.5) is 16.3 Å². The van der Waals surface area contributed by atoms with Crippen LogP contribution < -0.4 is 15.0 Å². The molecule has 2 amide bonds. The summed E-state index contributed by atoms with van der Waals surface area (Å²) in [5.74, 6) is 1.57. The number of morpholine rings is 1. The molecule has 1 fully saturated rings. The van der Waals surface area contributed by atoms with E-state index in [1.54, 1.807) is 18.3 Å². The van der Waals surface area contributed by atoms with Gasteiger partial charge in [-0.15, -0.1) is 0 Å². The van der Waals surface area contributed by atoms with Gasteiger partial charge in [-0.25, -0.2) is 14.8 Å². The molecule has 0 radical (unpaired) electrons. The second-order valence-corrected chi connectivity index (χ2v) is 7.03. The summed E-state index contributed by atoms with van der Waals surface area (Å²) in [5, 5.41) is 2.98. The summed E-state index contributed by atoms with van der Waals surface area (Å²) in [7, 11) is 1.60. The molecule has 1 aromatic carbocycles. The van der Waals surface area contributed by atoms with Gasteiger partial charge in [0.2, 0.25) is 0 Å². The van der Waals surface area contributed by atoms with Crippen molar-refractivity contribution in [3.63, 3.8) is 0 Å². The molecule has 0 saturated carbocycles. The van der Waals surface area contributed by atoms with Gasteiger partial charge in [-0.3, -0.25) is 0 Å². The zero-order valence-electron chi connectivity index (χ0n) is 16.3. The van der Waals surface area contributed by atoms with Crippen molar-refractivity contribution in [2.75, 3.05) is 50.2 Å². The minimum atomic E-state index is -0.149. The highest BCUT2D eigenvalue weighted by atomic mass is 16.5. The molecular weight excluding hydrogens is 358 g/mol. The molecule has 3 heterocycles. The third kappa shape index (κ3) is 3.73. The normalized spacial score (nSPS) is 16.5. The van der Waals surface area contributed by atoms with E-state index in [0.29, 0.717) is 44.2 Å². The maximum absolute atomic E-state index is 12.9. The van der Waals surface area contributed by atoms with Gasteiger partial charge >= 0.3 is 6.03 Å². The Morgan fingerprint density at radius 2 is 2.04 bits per heavy atom. The Bertz CT molecular complexity index is 867. The number of amides is 2. The number of carbonyl (C=O) groups is 1. The number of ether oxygens (including phenoxy) is 2. The molecule has 0 unspecified atom stereocenters. The highest BCUT2D eigenvalue weighted by Crippen LogP contribution is 2.29. The number of rotatable bonds is 3. The van der Waals surface area contributed by atoms with E-state index in [1.807, 2.05) is 25.1 Å². The fourth-order valence-electron chi connectivity index (χ4n) is 3.64. The summed E-state index contributed by atoms with van der Waals surface area (Å²) in [4.78, 5) is 25.9. The van der Waals surface area contributed by atoms with Crippen LogP contribution in [0.1, 0.15) is 16.8 Å². The van der Waals surface area contributed by atoms with Gasteiger partial charge in [0.05, 0.1) is 38.2 Å². The highest BCUT2D eigenvalue weighted by Gasteiger charge is 2.27. The van der Waals surface area contributed by atoms with Crippen LogP contribution in [-0.2, 0) is 17.7 Å². The average Bonchev–Trinajstić information content (AvgIpc) is 2.74.